The zero-order chi connectivity index (χ0) is 21.2. The summed E-state index contributed by atoms with van der Waals surface area (Å²) >= 11 is 0. The highest BCUT2D eigenvalue weighted by molar-refractivity contribution is 7.86. The molecule has 0 aromatic rings. The van der Waals surface area contributed by atoms with Crippen LogP contribution in [-0.2, 0) is 33.3 Å². The molecule has 156 valence electrons. The third kappa shape index (κ3) is 6.78. The molecular weight excluding hydrogens is 378 g/mol. The van der Waals surface area contributed by atoms with Gasteiger partial charge in [-0.1, -0.05) is 0 Å². The predicted octanol–water partition coefficient (Wildman–Crippen LogP) is 1.82. The van der Waals surface area contributed by atoms with Crippen molar-refractivity contribution in [1.29, 1.82) is 0 Å². The van der Waals surface area contributed by atoms with Crippen LogP contribution in [0, 0.1) is 0 Å². The number of hydrogen-bond acceptors (Lipinski definition) is 8. The van der Waals surface area contributed by atoms with E-state index in [9.17, 15) is 18.0 Å². The van der Waals surface area contributed by atoms with E-state index in [1.54, 1.807) is 41.5 Å². The normalized spacial score (nSPS) is 24.1. The van der Waals surface area contributed by atoms with Gasteiger partial charge in [0.1, 0.15) is 17.4 Å². The second-order valence-electron chi connectivity index (χ2n) is 7.76. The van der Waals surface area contributed by atoms with E-state index in [1.807, 2.05) is 0 Å². The summed E-state index contributed by atoms with van der Waals surface area (Å²) < 4.78 is 44.4. The molecule has 1 heterocycles. The maximum Gasteiger partial charge on any atom is 0.413 e. The maximum absolute atomic E-state index is 12.8. The molecule has 9 nitrogen and oxygen atoms in total. The molecule has 0 radical (unpaired) electrons. The van der Waals surface area contributed by atoms with Crippen molar-refractivity contribution in [2.24, 2.45) is 0 Å². The predicted molar refractivity (Wildman–Crippen MR) is 97.4 cm³/mol. The van der Waals surface area contributed by atoms with Crippen molar-refractivity contribution in [3.05, 3.63) is 12.2 Å². The highest BCUT2D eigenvalue weighted by Crippen LogP contribution is 2.36. The molecule has 1 amide bonds. The summed E-state index contributed by atoms with van der Waals surface area (Å²) in [6.07, 6.45) is 0.701. The molecule has 0 aromatic carbocycles. The van der Waals surface area contributed by atoms with Gasteiger partial charge < -0.3 is 14.2 Å². The second-order valence-corrected chi connectivity index (χ2v) is 9.36. The minimum atomic E-state index is -3.90. The number of methoxy groups -OCH3 is 1. The fourth-order valence-electron chi connectivity index (χ4n) is 2.86. The quantitative estimate of drug-likeness (QED) is 0.386. The number of carbonyl (C=O) groups excluding carboxylic acids is 2. The zero-order valence-corrected chi connectivity index (χ0v) is 17.8. The number of rotatable bonds is 5. The fraction of sp³-hybridized carbons (Fsp3) is 0.765. The van der Waals surface area contributed by atoms with E-state index >= 15 is 0 Å². The number of nitrogens with zero attached hydrogens (tertiary/aromatic N) is 1. The summed E-state index contributed by atoms with van der Waals surface area (Å²) in [5.74, 6) is -0.688. The highest BCUT2D eigenvalue weighted by Gasteiger charge is 2.53. The Bertz CT molecular complexity index is 692. The van der Waals surface area contributed by atoms with Gasteiger partial charge in [-0.05, 0) is 47.6 Å². The third-order valence-corrected chi connectivity index (χ3v) is 4.24. The lowest BCUT2D eigenvalue weighted by atomic mass is 10.0. The molecule has 1 fully saturated rings. The Morgan fingerprint density at radius 1 is 1.26 bits per heavy atom. The van der Waals surface area contributed by atoms with E-state index in [2.05, 4.69) is 4.74 Å². The van der Waals surface area contributed by atoms with E-state index in [4.69, 9.17) is 13.7 Å². The average Bonchev–Trinajstić information content (AvgIpc) is 2.68. The molecule has 0 bridgehead atoms. The van der Waals surface area contributed by atoms with Crippen LogP contribution in [-0.4, -0.2) is 68.3 Å². The standard InChI is InChI=1S/C17H29NO8S/c1-11-14(12(26-27(8,21)22)9-10-13(19)23-7)18(17(5,6)24-11)15(20)25-16(2,3)4/h9-12,14H,1-8H3/b10-9+/t11-,12?,14+/m1/s1. The van der Waals surface area contributed by atoms with Crippen molar-refractivity contribution in [1.82, 2.24) is 4.90 Å². The topological polar surface area (TPSA) is 108 Å². The Balaban J connectivity index is 3.34. The summed E-state index contributed by atoms with van der Waals surface area (Å²) in [5, 5.41) is 0. The van der Waals surface area contributed by atoms with Crippen molar-refractivity contribution in [2.45, 2.75) is 71.1 Å². The first kappa shape index (κ1) is 23.4. The van der Waals surface area contributed by atoms with Crippen LogP contribution in [0.15, 0.2) is 12.2 Å². The van der Waals surface area contributed by atoms with Crippen LogP contribution >= 0.6 is 0 Å². The van der Waals surface area contributed by atoms with Crippen molar-refractivity contribution >= 4 is 22.2 Å². The fourth-order valence-corrected chi connectivity index (χ4v) is 3.44. The van der Waals surface area contributed by atoms with Gasteiger partial charge in [-0.25, -0.2) is 9.59 Å². The first-order chi connectivity index (χ1) is 12.1. The number of carbonyl (C=O) groups is 2. The third-order valence-electron chi connectivity index (χ3n) is 3.67. The molecule has 0 aliphatic carbocycles. The minimum Gasteiger partial charge on any atom is -0.466 e. The van der Waals surface area contributed by atoms with E-state index < -0.39 is 51.8 Å². The van der Waals surface area contributed by atoms with Gasteiger partial charge in [0.05, 0.1) is 25.5 Å². The van der Waals surface area contributed by atoms with Gasteiger partial charge in [0, 0.05) is 6.08 Å². The molecule has 0 aromatic heterocycles. The number of hydrogen-bond donors (Lipinski definition) is 0. The Morgan fingerprint density at radius 2 is 1.81 bits per heavy atom. The van der Waals surface area contributed by atoms with E-state index in [0.29, 0.717) is 0 Å². The first-order valence-electron chi connectivity index (χ1n) is 8.42. The van der Waals surface area contributed by atoms with Crippen LogP contribution in [0.25, 0.3) is 0 Å². The van der Waals surface area contributed by atoms with Crippen molar-refractivity contribution in [3.8, 4) is 0 Å². The molecule has 1 aliphatic heterocycles. The van der Waals surface area contributed by atoms with E-state index in [-0.39, 0.29) is 0 Å². The smallest absolute Gasteiger partial charge is 0.413 e. The van der Waals surface area contributed by atoms with Gasteiger partial charge in [-0.3, -0.25) is 9.08 Å². The van der Waals surface area contributed by atoms with Gasteiger partial charge in [0.15, 0.2) is 0 Å². The summed E-state index contributed by atoms with van der Waals surface area (Å²) in [5.41, 5.74) is -1.84. The first-order valence-corrected chi connectivity index (χ1v) is 10.2. The monoisotopic (exact) mass is 407 g/mol. The van der Waals surface area contributed by atoms with E-state index in [1.165, 1.54) is 18.1 Å². The van der Waals surface area contributed by atoms with Crippen molar-refractivity contribution in [3.63, 3.8) is 0 Å². The lowest BCUT2D eigenvalue weighted by Crippen LogP contribution is -2.54. The van der Waals surface area contributed by atoms with Crippen molar-refractivity contribution in [2.75, 3.05) is 13.4 Å². The number of esters is 1. The molecule has 27 heavy (non-hydrogen) atoms. The maximum atomic E-state index is 12.8. The Labute approximate surface area is 160 Å². The summed E-state index contributed by atoms with van der Waals surface area (Å²) in [4.78, 5) is 25.6. The molecular formula is C17H29NO8S. The van der Waals surface area contributed by atoms with Gasteiger partial charge in [0.25, 0.3) is 10.1 Å². The van der Waals surface area contributed by atoms with Crippen LogP contribution in [0.5, 0.6) is 0 Å². The molecule has 1 rings (SSSR count). The summed E-state index contributed by atoms with van der Waals surface area (Å²) in [6, 6.07) is -0.856. The molecule has 0 N–H and O–H groups in total. The van der Waals surface area contributed by atoms with Gasteiger partial charge >= 0.3 is 12.1 Å². The lowest BCUT2D eigenvalue weighted by Gasteiger charge is -2.36. The molecule has 0 saturated carbocycles. The second kappa shape index (κ2) is 8.15. The summed E-state index contributed by atoms with van der Waals surface area (Å²) in [7, 11) is -2.71. The van der Waals surface area contributed by atoms with Crippen LogP contribution in [0.3, 0.4) is 0 Å². The molecule has 1 unspecified atom stereocenters. The Hall–Kier alpha value is -1.65. The lowest BCUT2D eigenvalue weighted by molar-refractivity contribution is -0.134. The Morgan fingerprint density at radius 3 is 2.26 bits per heavy atom. The van der Waals surface area contributed by atoms with Crippen molar-refractivity contribution < 1.29 is 36.4 Å². The molecule has 10 heteroatoms. The molecule has 1 aliphatic rings. The molecule has 3 atom stereocenters. The van der Waals surface area contributed by atoms with Crippen LogP contribution in [0.1, 0.15) is 41.5 Å². The number of ether oxygens (including phenoxy) is 3. The zero-order valence-electron chi connectivity index (χ0n) is 17.0. The average molecular weight is 407 g/mol. The highest BCUT2D eigenvalue weighted by atomic mass is 32.2. The Kier molecular flexibility index (Phi) is 7.06. The van der Waals surface area contributed by atoms with Crippen LogP contribution in [0.2, 0.25) is 0 Å². The van der Waals surface area contributed by atoms with Crippen LogP contribution < -0.4 is 0 Å². The van der Waals surface area contributed by atoms with Gasteiger partial charge in [-0.2, -0.15) is 8.42 Å². The van der Waals surface area contributed by atoms with Gasteiger partial charge in [-0.15, -0.1) is 0 Å². The van der Waals surface area contributed by atoms with E-state index in [0.717, 1.165) is 12.3 Å². The summed E-state index contributed by atoms with van der Waals surface area (Å²) in [6.45, 7) is 10.2. The van der Waals surface area contributed by atoms with Gasteiger partial charge in [0.2, 0.25) is 0 Å². The minimum absolute atomic E-state index is 0.596. The molecule has 0 spiro atoms. The SMILES string of the molecule is COC(=O)/C=C/C(OS(C)(=O)=O)[C@@H]1[C@@H](C)OC(C)(C)N1C(=O)OC(C)(C)C. The number of amides is 1. The van der Waals surface area contributed by atoms with Crippen LogP contribution in [0.4, 0.5) is 4.79 Å². The largest absolute Gasteiger partial charge is 0.466 e. The molecule has 1 saturated heterocycles.